The van der Waals surface area contributed by atoms with Crippen LogP contribution in [0.5, 0.6) is 0 Å². The normalized spacial score (nSPS) is 22.3. The Morgan fingerprint density at radius 3 is 2.96 bits per heavy atom. The van der Waals surface area contributed by atoms with Crippen LogP contribution < -0.4 is 0 Å². The first-order chi connectivity index (χ1) is 11.2. The van der Waals surface area contributed by atoms with Crippen LogP contribution in [0.3, 0.4) is 0 Å². The molecule has 7 heteroatoms. The van der Waals surface area contributed by atoms with Gasteiger partial charge < -0.3 is 4.42 Å². The molecule has 23 heavy (non-hydrogen) atoms. The maximum absolute atomic E-state index is 5.78. The molecule has 4 rings (SSSR count). The number of hydrogen-bond acceptors (Lipinski definition) is 7. The Morgan fingerprint density at radius 1 is 1.35 bits per heavy atom. The van der Waals surface area contributed by atoms with E-state index in [0.717, 1.165) is 43.0 Å². The summed E-state index contributed by atoms with van der Waals surface area (Å²) in [5.74, 6) is 2.12. The van der Waals surface area contributed by atoms with Crippen LogP contribution in [0.1, 0.15) is 46.8 Å². The highest BCUT2D eigenvalue weighted by atomic mass is 32.1. The minimum absolute atomic E-state index is 0.534. The van der Waals surface area contributed by atoms with E-state index in [-0.39, 0.29) is 0 Å². The molecule has 0 aromatic carbocycles. The van der Waals surface area contributed by atoms with Crippen molar-refractivity contribution in [2.75, 3.05) is 20.1 Å². The molecule has 0 bridgehead atoms. The number of hydrogen-bond donors (Lipinski definition) is 0. The number of nitrogens with zero attached hydrogens (tertiary/aromatic N) is 5. The van der Waals surface area contributed by atoms with Crippen molar-refractivity contribution in [1.82, 2.24) is 25.0 Å². The maximum atomic E-state index is 5.78. The van der Waals surface area contributed by atoms with Gasteiger partial charge in [0.15, 0.2) is 0 Å². The minimum atomic E-state index is 0.534. The average molecular weight is 333 g/mol. The smallest absolute Gasteiger partial charge is 0.230 e. The zero-order chi connectivity index (χ0) is 15.8. The molecule has 1 saturated carbocycles. The van der Waals surface area contributed by atoms with E-state index < -0.39 is 0 Å². The summed E-state index contributed by atoms with van der Waals surface area (Å²) >= 11 is 1.80. The van der Waals surface area contributed by atoms with Crippen molar-refractivity contribution in [2.45, 2.75) is 51.2 Å². The quantitative estimate of drug-likeness (QED) is 0.809. The van der Waals surface area contributed by atoms with Crippen molar-refractivity contribution in [3.63, 3.8) is 0 Å². The lowest BCUT2D eigenvalue weighted by Gasteiger charge is -2.23. The van der Waals surface area contributed by atoms with Gasteiger partial charge >= 0.3 is 0 Å². The van der Waals surface area contributed by atoms with Crippen LogP contribution >= 0.6 is 11.3 Å². The summed E-state index contributed by atoms with van der Waals surface area (Å²) in [5.41, 5.74) is 0. The van der Waals surface area contributed by atoms with Gasteiger partial charge in [0.25, 0.3) is 0 Å². The highest BCUT2D eigenvalue weighted by molar-refractivity contribution is 7.11. The lowest BCUT2D eigenvalue weighted by molar-refractivity contribution is 0.204. The van der Waals surface area contributed by atoms with Crippen LogP contribution in [0.15, 0.2) is 10.6 Å². The topological polar surface area (TPSA) is 58.3 Å². The molecule has 2 aromatic rings. The predicted molar refractivity (Wildman–Crippen MR) is 88.3 cm³/mol. The van der Waals surface area contributed by atoms with Gasteiger partial charge in [0.2, 0.25) is 11.8 Å². The first kappa shape index (κ1) is 15.2. The third-order valence-electron chi connectivity index (χ3n) is 4.71. The van der Waals surface area contributed by atoms with Gasteiger partial charge in [-0.1, -0.05) is 0 Å². The number of rotatable bonds is 6. The van der Waals surface area contributed by atoms with E-state index in [1.54, 1.807) is 11.3 Å². The van der Waals surface area contributed by atoms with Crippen LogP contribution in [0.4, 0.5) is 0 Å². The van der Waals surface area contributed by atoms with E-state index >= 15 is 0 Å². The number of aryl methyl sites for hydroxylation is 1. The molecule has 1 aliphatic heterocycles. The Labute approximate surface area is 140 Å². The summed E-state index contributed by atoms with van der Waals surface area (Å²) in [6.45, 7) is 6.06. The second-order valence-corrected chi connectivity index (χ2v) is 8.07. The molecule has 3 heterocycles. The van der Waals surface area contributed by atoms with Gasteiger partial charge in [-0.3, -0.25) is 9.80 Å². The summed E-state index contributed by atoms with van der Waals surface area (Å²) in [4.78, 5) is 10.6. The van der Waals surface area contributed by atoms with Crippen molar-refractivity contribution in [2.24, 2.45) is 0 Å². The fourth-order valence-corrected chi connectivity index (χ4v) is 4.02. The fourth-order valence-electron chi connectivity index (χ4n) is 3.18. The van der Waals surface area contributed by atoms with Crippen LogP contribution in [-0.4, -0.2) is 51.2 Å². The molecule has 6 nitrogen and oxygen atoms in total. The molecular weight excluding hydrogens is 310 g/mol. The minimum Gasteiger partial charge on any atom is -0.424 e. The second kappa shape index (κ2) is 6.30. The SMILES string of the molecule is Cc1ncc(CN2CC[C@@H](N(C)Cc3nnc(C4CC4)o3)C2)s1. The van der Waals surface area contributed by atoms with E-state index in [1.807, 2.05) is 6.20 Å². The van der Waals surface area contributed by atoms with Crippen LogP contribution in [0.25, 0.3) is 0 Å². The monoisotopic (exact) mass is 333 g/mol. The Bertz CT molecular complexity index is 665. The number of likely N-dealkylation sites (N-methyl/N-ethyl adjacent to an activating group) is 1. The van der Waals surface area contributed by atoms with E-state index in [2.05, 4.69) is 39.0 Å². The molecular formula is C16H23N5OS. The standard InChI is InChI=1S/C16H23N5OS/c1-11-17-7-14(23-11)9-21-6-5-13(8-21)20(2)10-15-18-19-16(22-15)12-3-4-12/h7,12-13H,3-6,8-10H2,1-2H3/t13-/m1/s1. The third kappa shape index (κ3) is 3.62. The molecule has 0 spiro atoms. The molecule has 1 atom stereocenters. The Kier molecular flexibility index (Phi) is 4.17. The van der Waals surface area contributed by atoms with Crippen molar-refractivity contribution >= 4 is 11.3 Å². The molecule has 0 radical (unpaired) electrons. The molecule has 1 saturated heterocycles. The first-order valence-corrected chi connectivity index (χ1v) is 9.15. The number of aromatic nitrogens is 3. The summed E-state index contributed by atoms with van der Waals surface area (Å²) in [6, 6.07) is 0.556. The van der Waals surface area contributed by atoms with Gasteiger partial charge in [-0.15, -0.1) is 21.5 Å². The fraction of sp³-hybridized carbons (Fsp3) is 0.688. The van der Waals surface area contributed by atoms with E-state index in [9.17, 15) is 0 Å². The number of thiazole rings is 1. The lowest BCUT2D eigenvalue weighted by atomic mass is 10.2. The Balaban J connectivity index is 1.29. The number of likely N-dealkylation sites (tertiary alicyclic amines) is 1. The highest BCUT2D eigenvalue weighted by Gasteiger charge is 2.30. The Morgan fingerprint density at radius 2 is 2.22 bits per heavy atom. The maximum Gasteiger partial charge on any atom is 0.230 e. The van der Waals surface area contributed by atoms with Gasteiger partial charge in [0.1, 0.15) is 0 Å². The van der Waals surface area contributed by atoms with E-state index in [0.29, 0.717) is 12.0 Å². The zero-order valence-corrected chi connectivity index (χ0v) is 14.6. The second-order valence-electron chi connectivity index (χ2n) is 6.75. The van der Waals surface area contributed by atoms with Crippen LogP contribution in [0, 0.1) is 6.92 Å². The van der Waals surface area contributed by atoms with Gasteiger partial charge in [0, 0.05) is 42.7 Å². The molecule has 0 amide bonds. The zero-order valence-electron chi connectivity index (χ0n) is 13.7. The summed E-state index contributed by atoms with van der Waals surface area (Å²) < 4.78 is 5.78. The molecule has 124 valence electrons. The van der Waals surface area contributed by atoms with Crippen molar-refractivity contribution < 1.29 is 4.42 Å². The van der Waals surface area contributed by atoms with Crippen LogP contribution in [0.2, 0.25) is 0 Å². The molecule has 1 aliphatic carbocycles. The van der Waals surface area contributed by atoms with Gasteiger partial charge in [-0.25, -0.2) is 4.98 Å². The molecule has 2 aromatic heterocycles. The Hall–Kier alpha value is -1.31. The van der Waals surface area contributed by atoms with Gasteiger partial charge in [0.05, 0.1) is 11.6 Å². The molecule has 0 unspecified atom stereocenters. The molecule has 2 aliphatic rings. The van der Waals surface area contributed by atoms with Gasteiger partial charge in [-0.05, 0) is 33.2 Å². The summed E-state index contributed by atoms with van der Waals surface area (Å²) in [6.07, 6.45) is 5.60. The van der Waals surface area contributed by atoms with Gasteiger partial charge in [-0.2, -0.15) is 0 Å². The van der Waals surface area contributed by atoms with Crippen molar-refractivity contribution in [3.05, 3.63) is 27.9 Å². The predicted octanol–water partition coefficient (Wildman–Crippen LogP) is 2.42. The van der Waals surface area contributed by atoms with Crippen molar-refractivity contribution in [3.8, 4) is 0 Å². The highest BCUT2D eigenvalue weighted by Crippen LogP contribution is 2.39. The average Bonchev–Trinajstić information content (AvgIpc) is 2.93. The summed E-state index contributed by atoms with van der Waals surface area (Å²) in [7, 11) is 2.16. The molecule has 0 N–H and O–H groups in total. The largest absolute Gasteiger partial charge is 0.424 e. The van der Waals surface area contributed by atoms with Crippen molar-refractivity contribution in [1.29, 1.82) is 0 Å². The third-order valence-corrected chi connectivity index (χ3v) is 5.61. The first-order valence-electron chi connectivity index (χ1n) is 8.33. The molecule has 2 fully saturated rings. The van der Waals surface area contributed by atoms with E-state index in [1.165, 1.54) is 24.1 Å². The summed E-state index contributed by atoms with van der Waals surface area (Å²) in [5, 5.41) is 9.52. The van der Waals surface area contributed by atoms with Crippen LogP contribution in [-0.2, 0) is 13.1 Å². The lowest BCUT2D eigenvalue weighted by Crippen LogP contribution is -2.34. The van der Waals surface area contributed by atoms with E-state index in [4.69, 9.17) is 4.42 Å².